The predicted molar refractivity (Wildman–Crippen MR) is 55.3 cm³/mol. The van der Waals surface area contributed by atoms with Crippen LogP contribution in [0, 0.1) is 5.92 Å². The fraction of sp³-hybridized carbons (Fsp3) is 0.909. The highest BCUT2D eigenvalue weighted by Gasteiger charge is 2.11. The summed E-state index contributed by atoms with van der Waals surface area (Å²) in [5, 5.41) is 0. The molecule has 0 aliphatic carbocycles. The Morgan fingerprint density at radius 1 is 1.17 bits per heavy atom. The lowest BCUT2D eigenvalue weighted by molar-refractivity contribution is -0.122. The Kier molecular flexibility index (Phi) is 12.6. The van der Waals surface area contributed by atoms with Crippen molar-refractivity contribution in [1.29, 1.82) is 0 Å². The molecule has 0 bridgehead atoms. The second-order valence-corrected chi connectivity index (χ2v) is 2.71. The molecule has 74 valence electrons. The van der Waals surface area contributed by atoms with E-state index in [0.29, 0.717) is 18.1 Å². The molecule has 0 aromatic carbocycles. The third kappa shape index (κ3) is 6.38. The smallest absolute Gasteiger partial charge is 0.135 e. The molecule has 1 unspecified atom stereocenters. The number of carbonyl (C=O) groups is 1. The molecule has 0 heterocycles. The SMILES string of the molecule is CC.CCCC(CC)C(=O)CC. The van der Waals surface area contributed by atoms with Gasteiger partial charge in [0, 0.05) is 12.3 Å². The summed E-state index contributed by atoms with van der Waals surface area (Å²) < 4.78 is 0. The molecular formula is C11H24O. The Bertz CT molecular complexity index is 97.2. The summed E-state index contributed by atoms with van der Waals surface area (Å²) in [6.45, 7) is 10.2. The van der Waals surface area contributed by atoms with Crippen LogP contribution in [0.1, 0.15) is 60.3 Å². The van der Waals surface area contributed by atoms with Crippen LogP contribution < -0.4 is 0 Å². The van der Waals surface area contributed by atoms with Gasteiger partial charge in [0.15, 0.2) is 0 Å². The third-order valence-corrected chi connectivity index (χ3v) is 1.93. The van der Waals surface area contributed by atoms with Gasteiger partial charge < -0.3 is 0 Å². The lowest BCUT2D eigenvalue weighted by atomic mass is 9.94. The fourth-order valence-corrected chi connectivity index (χ4v) is 1.23. The highest BCUT2D eigenvalue weighted by Crippen LogP contribution is 2.12. The van der Waals surface area contributed by atoms with Gasteiger partial charge in [0.2, 0.25) is 0 Å². The number of Topliss-reactive ketones (excluding diaryl/α,β-unsaturated/α-hetero) is 1. The van der Waals surface area contributed by atoms with Crippen molar-refractivity contribution >= 4 is 5.78 Å². The number of rotatable bonds is 5. The van der Waals surface area contributed by atoms with E-state index in [4.69, 9.17) is 0 Å². The van der Waals surface area contributed by atoms with E-state index < -0.39 is 0 Å². The van der Waals surface area contributed by atoms with E-state index in [9.17, 15) is 4.79 Å². The van der Waals surface area contributed by atoms with E-state index in [2.05, 4.69) is 13.8 Å². The summed E-state index contributed by atoms with van der Waals surface area (Å²) in [4.78, 5) is 11.1. The second kappa shape index (κ2) is 10.7. The normalized spacial score (nSPS) is 11.4. The van der Waals surface area contributed by atoms with Gasteiger partial charge >= 0.3 is 0 Å². The van der Waals surface area contributed by atoms with Crippen LogP contribution >= 0.6 is 0 Å². The van der Waals surface area contributed by atoms with Crippen LogP contribution in [0.2, 0.25) is 0 Å². The lowest BCUT2D eigenvalue weighted by Crippen LogP contribution is -2.11. The molecule has 0 spiro atoms. The number of carbonyl (C=O) groups excluding carboxylic acids is 1. The van der Waals surface area contributed by atoms with E-state index in [-0.39, 0.29) is 0 Å². The van der Waals surface area contributed by atoms with E-state index >= 15 is 0 Å². The Labute approximate surface area is 77.6 Å². The highest BCUT2D eigenvalue weighted by atomic mass is 16.1. The van der Waals surface area contributed by atoms with E-state index in [1.165, 1.54) is 0 Å². The highest BCUT2D eigenvalue weighted by molar-refractivity contribution is 5.80. The maximum Gasteiger partial charge on any atom is 0.135 e. The molecule has 0 saturated heterocycles. The minimum atomic E-state index is 0.343. The van der Waals surface area contributed by atoms with Crippen molar-refractivity contribution in [2.45, 2.75) is 60.3 Å². The van der Waals surface area contributed by atoms with E-state index in [1.54, 1.807) is 0 Å². The number of hydrogen-bond acceptors (Lipinski definition) is 1. The molecule has 0 saturated carbocycles. The van der Waals surface area contributed by atoms with E-state index in [0.717, 1.165) is 19.3 Å². The molecule has 0 aliphatic rings. The zero-order valence-corrected chi connectivity index (χ0v) is 9.31. The van der Waals surface area contributed by atoms with Crippen molar-refractivity contribution < 1.29 is 4.79 Å². The summed E-state index contributed by atoms with van der Waals surface area (Å²) >= 11 is 0. The molecule has 0 amide bonds. The van der Waals surface area contributed by atoms with Crippen LogP contribution in [-0.4, -0.2) is 5.78 Å². The van der Waals surface area contributed by atoms with Crippen LogP contribution in [0.5, 0.6) is 0 Å². The van der Waals surface area contributed by atoms with Crippen molar-refractivity contribution in [3.63, 3.8) is 0 Å². The number of hydrogen-bond donors (Lipinski definition) is 0. The molecule has 0 aromatic heterocycles. The first-order valence-electron chi connectivity index (χ1n) is 5.28. The van der Waals surface area contributed by atoms with Gasteiger partial charge in [0.1, 0.15) is 5.78 Å². The monoisotopic (exact) mass is 172 g/mol. The summed E-state index contributed by atoms with van der Waals surface area (Å²) in [7, 11) is 0. The average molecular weight is 172 g/mol. The van der Waals surface area contributed by atoms with Crippen LogP contribution in [0.3, 0.4) is 0 Å². The van der Waals surface area contributed by atoms with Crippen molar-refractivity contribution in [3.05, 3.63) is 0 Å². The van der Waals surface area contributed by atoms with Crippen molar-refractivity contribution in [1.82, 2.24) is 0 Å². The van der Waals surface area contributed by atoms with Crippen molar-refractivity contribution in [2.24, 2.45) is 5.92 Å². The van der Waals surface area contributed by atoms with Gasteiger partial charge in [0.25, 0.3) is 0 Å². The molecule has 0 N–H and O–H groups in total. The maximum atomic E-state index is 11.1. The summed E-state index contributed by atoms with van der Waals surface area (Å²) in [6, 6.07) is 0. The first-order valence-corrected chi connectivity index (χ1v) is 5.28. The van der Waals surface area contributed by atoms with Gasteiger partial charge in [-0.05, 0) is 12.8 Å². The quantitative estimate of drug-likeness (QED) is 0.616. The summed E-state index contributed by atoms with van der Waals surface area (Å²) in [5.41, 5.74) is 0. The number of ketones is 1. The van der Waals surface area contributed by atoms with Gasteiger partial charge in [-0.3, -0.25) is 4.79 Å². The molecule has 0 rings (SSSR count). The summed E-state index contributed by atoms with van der Waals surface area (Å²) in [5.74, 6) is 0.777. The van der Waals surface area contributed by atoms with Gasteiger partial charge in [-0.2, -0.15) is 0 Å². The zero-order valence-electron chi connectivity index (χ0n) is 9.31. The van der Waals surface area contributed by atoms with Gasteiger partial charge in [0.05, 0.1) is 0 Å². The average Bonchev–Trinajstić information content (AvgIpc) is 2.16. The Morgan fingerprint density at radius 2 is 1.67 bits per heavy atom. The standard InChI is InChI=1S/C9H18O.C2H6/c1-4-7-8(5-2)9(10)6-3;1-2/h8H,4-7H2,1-3H3;1-2H3. The largest absolute Gasteiger partial charge is 0.299 e. The molecular weight excluding hydrogens is 148 g/mol. The Balaban J connectivity index is 0. The van der Waals surface area contributed by atoms with Crippen LogP contribution in [0.15, 0.2) is 0 Å². The lowest BCUT2D eigenvalue weighted by Gasteiger charge is -2.09. The Hall–Kier alpha value is -0.330. The zero-order chi connectivity index (χ0) is 9.98. The molecule has 0 aromatic rings. The van der Waals surface area contributed by atoms with Gasteiger partial charge in [-0.25, -0.2) is 0 Å². The first-order chi connectivity index (χ1) is 5.76. The van der Waals surface area contributed by atoms with Gasteiger partial charge in [-0.1, -0.05) is 41.0 Å². The molecule has 1 nitrogen and oxygen atoms in total. The molecule has 1 heteroatoms. The second-order valence-electron chi connectivity index (χ2n) is 2.71. The van der Waals surface area contributed by atoms with E-state index in [1.807, 2.05) is 20.8 Å². The predicted octanol–water partition coefficient (Wildman–Crippen LogP) is 3.82. The van der Waals surface area contributed by atoms with Crippen molar-refractivity contribution in [3.8, 4) is 0 Å². The maximum absolute atomic E-state index is 11.1. The molecule has 0 aliphatic heterocycles. The summed E-state index contributed by atoms with van der Waals surface area (Å²) in [6.07, 6.45) is 3.92. The molecule has 0 radical (unpaired) electrons. The minimum Gasteiger partial charge on any atom is -0.299 e. The van der Waals surface area contributed by atoms with Gasteiger partial charge in [-0.15, -0.1) is 0 Å². The van der Waals surface area contributed by atoms with Crippen LogP contribution in [-0.2, 0) is 4.79 Å². The Morgan fingerprint density at radius 3 is 1.92 bits per heavy atom. The minimum absolute atomic E-state index is 0.343. The first kappa shape index (κ1) is 14.2. The fourth-order valence-electron chi connectivity index (χ4n) is 1.23. The van der Waals surface area contributed by atoms with Crippen LogP contribution in [0.4, 0.5) is 0 Å². The topological polar surface area (TPSA) is 17.1 Å². The molecule has 1 atom stereocenters. The molecule has 0 fully saturated rings. The van der Waals surface area contributed by atoms with Crippen LogP contribution in [0.25, 0.3) is 0 Å². The third-order valence-electron chi connectivity index (χ3n) is 1.93. The van der Waals surface area contributed by atoms with Crippen molar-refractivity contribution in [2.75, 3.05) is 0 Å². The molecule has 12 heavy (non-hydrogen) atoms.